The number of carbonyl (C=O) groups is 2. The minimum absolute atomic E-state index is 0.148. The third-order valence-electron chi connectivity index (χ3n) is 4.14. The molecule has 120 valence electrons. The Morgan fingerprint density at radius 1 is 1.22 bits per heavy atom. The smallest absolute Gasteiger partial charge is 0.323 e. The summed E-state index contributed by atoms with van der Waals surface area (Å²) in [4.78, 5) is 26.9. The maximum Gasteiger partial charge on any atom is 0.323 e. The molecule has 3 rings (SSSR count). The van der Waals surface area contributed by atoms with Crippen LogP contribution in [-0.4, -0.2) is 34.5 Å². The van der Waals surface area contributed by atoms with E-state index in [1.807, 2.05) is 32.0 Å². The van der Waals surface area contributed by atoms with E-state index < -0.39 is 5.97 Å². The maximum absolute atomic E-state index is 12.7. The molecule has 0 saturated carbocycles. The number of hydrogen-bond donors (Lipinski definition) is 1. The van der Waals surface area contributed by atoms with E-state index in [0.717, 1.165) is 17.7 Å². The van der Waals surface area contributed by atoms with Crippen molar-refractivity contribution in [1.82, 2.24) is 4.90 Å². The summed E-state index contributed by atoms with van der Waals surface area (Å²) >= 11 is 1.47. The summed E-state index contributed by atoms with van der Waals surface area (Å²) < 4.78 is 0. The number of fused-ring (bicyclic) bond motifs is 3. The van der Waals surface area contributed by atoms with E-state index >= 15 is 0 Å². The Labute approximate surface area is 139 Å². The molecule has 4 nitrogen and oxygen atoms in total. The topological polar surface area (TPSA) is 57.6 Å². The van der Waals surface area contributed by atoms with Gasteiger partial charge in [-0.25, -0.2) is 0 Å². The standard InChI is InChI=1S/C18H19NO3S/c1-11(2)19(10-16(20)21)18(22)15-9-13-8-7-12-5-3-4-6-14(12)17(13)23-15/h3-6,9,11H,7-8,10H2,1-2H3,(H,20,21). The van der Waals surface area contributed by atoms with E-state index in [0.29, 0.717) is 4.88 Å². The summed E-state index contributed by atoms with van der Waals surface area (Å²) in [6, 6.07) is 10.1. The number of thiophene rings is 1. The van der Waals surface area contributed by atoms with E-state index in [9.17, 15) is 9.59 Å². The molecule has 1 N–H and O–H groups in total. The number of amides is 1. The summed E-state index contributed by atoms with van der Waals surface area (Å²) in [5.41, 5.74) is 3.70. The predicted octanol–water partition coefficient (Wildman–Crippen LogP) is 3.45. The highest BCUT2D eigenvalue weighted by atomic mass is 32.1. The van der Waals surface area contributed by atoms with Crippen molar-refractivity contribution in [3.63, 3.8) is 0 Å². The Hall–Kier alpha value is -2.14. The first-order chi connectivity index (χ1) is 11.0. The molecule has 0 fully saturated rings. The SMILES string of the molecule is CC(C)N(CC(=O)O)C(=O)c1cc2c(s1)-c1ccccc1CC2. The Kier molecular flexibility index (Phi) is 4.22. The lowest BCUT2D eigenvalue weighted by molar-refractivity contribution is -0.138. The molecule has 1 aromatic heterocycles. The van der Waals surface area contributed by atoms with Crippen molar-refractivity contribution in [1.29, 1.82) is 0 Å². The van der Waals surface area contributed by atoms with Gasteiger partial charge in [-0.1, -0.05) is 24.3 Å². The van der Waals surface area contributed by atoms with Gasteiger partial charge in [0, 0.05) is 10.9 Å². The molecule has 5 heteroatoms. The van der Waals surface area contributed by atoms with Gasteiger partial charge in [-0.3, -0.25) is 9.59 Å². The van der Waals surface area contributed by atoms with Gasteiger partial charge in [0.25, 0.3) is 5.91 Å². The van der Waals surface area contributed by atoms with Crippen molar-refractivity contribution in [3.05, 3.63) is 46.3 Å². The van der Waals surface area contributed by atoms with Gasteiger partial charge in [0.15, 0.2) is 0 Å². The second-order valence-electron chi connectivity index (χ2n) is 6.04. The van der Waals surface area contributed by atoms with Crippen molar-refractivity contribution >= 4 is 23.2 Å². The van der Waals surface area contributed by atoms with Crippen molar-refractivity contribution in [2.24, 2.45) is 0 Å². The molecule has 0 unspecified atom stereocenters. The first-order valence-corrected chi connectivity index (χ1v) is 8.52. The molecule has 1 aromatic carbocycles. The van der Waals surface area contributed by atoms with E-state index in [-0.39, 0.29) is 18.5 Å². The third kappa shape index (κ3) is 3.01. The highest BCUT2D eigenvalue weighted by molar-refractivity contribution is 7.17. The van der Waals surface area contributed by atoms with Gasteiger partial charge in [-0.15, -0.1) is 11.3 Å². The molecular formula is C18H19NO3S. The van der Waals surface area contributed by atoms with E-state index in [1.165, 1.54) is 32.9 Å². The lowest BCUT2D eigenvalue weighted by Gasteiger charge is -2.24. The summed E-state index contributed by atoms with van der Waals surface area (Å²) in [5, 5.41) is 9.03. The average Bonchev–Trinajstić information content (AvgIpc) is 2.96. The van der Waals surface area contributed by atoms with Gasteiger partial charge in [-0.05, 0) is 49.4 Å². The first kappa shape index (κ1) is 15.7. The fourth-order valence-corrected chi connectivity index (χ4v) is 4.18. The van der Waals surface area contributed by atoms with Crippen LogP contribution in [0.2, 0.25) is 0 Å². The van der Waals surface area contributed by atoms with Gasteiger partial charge in [0.2, 0.25) is 0 Å². The lowest BCUT2D eigenvalue weighted by Crippen LogP contribution is -2.40. The number of carbonyl (C=O) groups excluding carboxylic acids is 1. The summed E-state index contributed by atoms with van der Waals surface area (Å²) in [7, 11) is 0. The van der Waals surface area contributed by atoms with Gasteiger partial charge >= 0.3 is 5.97 Å². The summed E-state index contributed by atoms with van der Waals surface area (Å²) in [6.45, 7) is 3.41. The molecule has 1 heterocycles. The van der Waals surface area contributed by atoms with Gasteiger partial charge in [0.05, 0.1) is 4.88 Å². The first-order valence-electron chi connectivity index (χ1n) is 7.71. The number of carboxylic acid groups (broad SMARTS) is 1. The molecule has 1 aliphatic rings. The highest BCUT2D eigenvalue weighted by Crippen LogP contribution is 2.39. The number of rotatable bonds is 4. The van der Waals surface area contributed by atoms with Crippen LogP contribution < -0.4 is 0 Å². The van der Waals surface area contributed by atoms with Gasteiger partial charge in [-0.2, -0.15) is 0 Å². The number of aliphatic carboxylic acids is 1. The monoisotopic (exact) mass is 329 g/mol. The van der Waals surface area contributed by atoms with Crippen LogP contribution in [0.5, 0.6) is 0 Å². The van der Waals surface area contributed by atoms with Crippen LogP contribution in [0.1, 0.15) is 34.6 Å². The Morgan fingerprint density at radius 3 is 2.61 bits per heavy atom. The summed E-state index contributed by atoms with van der Waals surface area (Å²) in [6.07, 6.45) is 1.91. The van der Waals surface area contributed by atoms with Crippen LogP contribution in [0, 0.1) is 0 Å². The largest absolute Gasteiger partial charge is 0.480 e. The van der Waals surface area contributed by atoms with Crippen molar-refractivity contribution in [3.8, 4) is 10.4 Å². The van der Waals surface area contributed by atoms with Crippen molar-refractivity contribution in [2.75, 3.05) is 6.54 Å². The minimum Gasteiger partial charge on any atom is -0.480 e. The molecule has 0 aliphatic heterocycles. The third-order valence-corrected chi connectivity index (χ3v) is 5.33. The number of aryl methyl sites for hydroxylation is 2. The molecule has 0 saturated heterocycles. The molecular weight excluding hydrogens is 310 g/mol. The van der Waals surface area contributed by atoms with Crippen LogP contribution in [0.3, 0.4) is 0 Å². The Bertz CT molecular complexity index is 763. The Morgan fingerprint density at radius 2 is 1.91 bits per heavy atom. The maximum atomic E-state index is 12.7. The highest BCUT2D eigenvalue weighted by Gasteiger charge is 2.26. The van der Waals surface area contributed by atoms with Crippen LogP contribution in [0.25, 0.3) is 10.4 Å². The van der Waals surface area contributed by atoms with Crippen LogP contribution in [-0.2, 0) is 17.6 Å². The molecule has 2 aromatic rings. The fourth-order valence-electron chi connectivity index (χ4n) is 2.95. The molecule has 1 aliphatic carbocycles. The zero-order valence-electron chi connectivity index (χ0n) is 13.2. The summed E-state index contributed by atoms with van der Waals surface area (Å²) in [5.74, 6) is -1.18. The zero-order valence-corrected chi connectivity index (χ0v) is 14.0. The quantitative estimate of drug-likeness (QED) is 0.934. The fraction of sp³-hybridized carbons (Fsp3) is 0.333. The van der Waals surface area contributed by atoms with Gasteiger partial charge in [0.1, 0.15) is 6.54 Å². The molecule has 1 amide bonds. The van der Waals surface area contributed by atoms with E-state index in [2.05, 4.69) is 12.1 Å². The second kappa shape index (κ2) is 6.16. The van der Waals surface area contributed by atoms with Gasteiger partial charge < -0.3 is 10.0 Å². The Balaban J connectivity index is 1.96. The average molecular weight is 329 g/mol. The number of carboxylic acids is 1. The minimum atomic E-state index is -0.987. The lowest BCUT2D eigenvalue weighted by atomic mass is 9.91. The van der Waals surface area contributed by atoms with Crippen molar-refractivity contribution in [2.45, 2.75) is 32.7 Å². The van der Waals surface area contributed by atoms with E-state index in [1.54, 1.807) is 0 Å². The van der Waals surface area contributed by atoms with Crippen LogP contribution in [0.4, 0.5) is 0 Å². The van der Waals surface area contributed by atoms with E-state index in [4.69, 9.17) is 5.11 Å². The molecule has 0 atom stereocenters. The molecule has 23 heavy (non-hydrogen) atoms. The van der Waals surface area contributed by atoms with Crippen LogP contribution in [0.15, 0.2) is 30.3 Å². The normalized spacial score (nSPS) is 12.7. The van der Waals surface area contributed by atoms with Crippen LogP contribution >= 0.6 is 11.3 Å². The van der Waals surface area contributed by atoms with Crippen molar-refractivity contribution < 1.29 is 14.7 Å². The molecule has 0 bridgehead atoms. The predicted molar refractivity (Wildman–Crippen MR) is 91.0 cm³/mol. The molecule has 0 spiro atoms. The number of nitrogens with zero attached hydrogens (tertiary/aromatic N) is 1. The number of benzene rings is 1. The number of hydrogen-bond acceptors (Lipinski definition) is 3. The zero-order chi connectivity index (χ0) is 16.6. The second-order valence-corrected chi connectivity index (χ2v) is 7.09. The molecule has 0 radical (unpaired) electrons.